The molecule has 5 nitrogen and oxygen atoms in total. The van der Waals surface area contributed by atoms with E-state index in [0.717, 1.165) is 18.4 Å². The smallest absolute Gasteiger partial charge is 0.356 e. The minimum atomic E-state index is -0.381. The molecular formula is C12H19N3O2. The van der Waals surface area contributed by atoms with Crippen molar-refractivity contribution in [1.82, 2.24) is 10.2 Å². The van der Waals surface area contributed by atoms with Crippen molar-refractivity contribution in [2.45, 2.75) is 44.4 Å². The molecule has 5 heteroatoms. The number of nitrogen functional groups attached to an aromatic ring is 1. The van der Waals surface area contributed by atoms with Gasteiger partial charge in [-0.15, -0.1) is 0 Å². The summed E-state index contributed by atoms with van der Waals surface area (Å²) in [6, 6.07) is 0. The molecule has 0 bridgehead atoms. The Bertz CT molecular complexity index is 392. The van der Waals surface area contributed by atoms with Gasteiger partial charge < -0.3 is 10.5 Å². The van der Waals surface area contributed by atoms with E-state index < -0.39 is 0 Å². The first-order valence-electron chi connectivity index (χ1n) is 6.16. The summed E-state index contributed by atoms with van der Waals surface area (Å²) in [6.45, 7) is 0. The van der Waals surface area contributed by atoms with Crippen LogP contribution in [-0.4, -0.2) is 23.3 Å². The number of H-pyrrole nitrogens is 1. The Balaban J connectivity index is 2.28. The quantitative estimate of drug-likeness (QED) is 0.610. The Morgan fingerprint density at radius 3 is 2.59 bits per heavy atom. The Kier molecular flexibility index (Phi) is 3.66. The van der Waals surface area contributed by atoms with E-state index in [9.17, 15) is 4.79 Å². The number of nitrogens with two attached hydrogens (primary N) is 1. The number of hydrogen-bond acceptors (Lipinski definition) is 4. The highest BCUT2D eigenvalue weighted by Gasteiger charge is 2.26. The summed E-state index contributed by atoms with van der Waals surface area (Å²) in [5, 5.41) is 6.64. The molecule has 1 saturated carbocycles. The predicted octanol–water partition coefficient (Wildman–Crippen LogP) is 2.22. The molecule has 1 aromatic rings. The number of anilines is 1. The van der Waals surface area contributed by atoms with Crippen molar-refractivity contribution in [3.05, 3.63) is 11.3 Å². The second-order valence-electron chi connectivity index (χ2n) is 4.58. The molecule has 0 radical (unpaired) electrons. The van der Waals surface area contributed by atoms with Crippen LogP contribution in [0.5, 0.6) is 0 Å². The molecule has 0 unspecified atom stereocenters. The second kappa shape index (κ2) is 5.21. The largest absolute Gasteiger partial charge is 0.464 e. The molecule has 0 aliphatic heterocycles. The average Bonchev–Trinajstić information content (AvgIpc) is 2.57. The fourth-order valence-corrected chi connectivity index (χ4v) is 2.60. The minimum Gasteiger partial charge on any atom is -0.464 e. The molecule has 3 N–H and O–H groups in total. The molecule has 1 aromatic heterocycles. The van der Waals surface area contributed by atoms with E-state index in [1.54, 1.807) is 0 Å². The van der Waals surface area contributed by atoms with Crippen molar-refractivity contribution in [2.75, 3.05) is 12.8 Å². The van der Waals surface area contributed by atoms with Gasteiger partial charge in [0.15, 0.2) is 0 Å². The number of methoxy groups -OCH3 is 1. The molecule has 1 aliphatic carbocycles. The van der Waals surface area contributed by atoms with Gasteiger partial charge in [-0.3, -0.25) is 5.10 Å². The highest BCUT2D eigenvalue weighted by Crippen LogP contribution is 2.35. The maximum absolute atomic E-state index is 11.6. The molecule has 1 heterocycles. The maximum Gasteiger partial charge on any atom is 0.356 e. The monoisotopic (exact) mass is 237 g/mol. The van der Waals surface area contributed by atoms with Crippen LogP contribution in [0.15, 0.2) is 0 Å². The van der Waals surface area contributed by atoms with Crippen molar-refractivity contribution in [3.63, 3.8) is 0 Å². The third kappa shape index (κ3) is 2.43. The van der Waals surface area contributed by atoms with Crippen molar-refractivity contribution >= 4 is 11.8 Å². The lowest BCUT2D eigenvalue weighted by Crippen LogP contribution is -2.09. The summed E-state index contributed by atoms with van der Waals surface area (Å²) in [5.41, 5.74) is 7.15. The zero-order chi connectivity index (χ0) is 12.3. The number of rotatable bonds is 2. The summed E-state index contributed by atoms with van der Waals surface area (Å²) in [4.78, 5) is 11.6. The van der Waals surface area contributed by atoms with Gasteiger partial charge in [-0.1, -0.05) is 25.7 Å². The topological polar surface area (TPSA) is 81.0 Å². The second-order valence-corrected chi connectivity index (χ2v) is 4.58. The molecule has 1 aliphatic rings. The zero-order valence-electron chi connectivity index (χ0n) is 10.2. The first-order valence-corrected chi connectivity index (χ1v) is 6.16. The number of carbonyl (C=O) groups is 1. The lowest BCUT2D eigenvalue weighted by Gasteiger charge is -2.14. The molecule has 0 atom stereocenters. The summed E-state index contributed by atoms with van der Waals surface area (Å²) in [7, 11) is 1.37. The van der Waals surface area contributed by atoms with E-state index >= 15 is 0 Å². The number of hydrogen-bond donors (Lipinski definition) is 2. The van der Waals surface area contributed by atoms with Gasteiger partial charge >= 0.3 is 5.97 Å². The number of aromatic nitrogens is 2. The Morgan fingerprint density at radius 1 is 1.35 bits per heavy atom. The average molecular weight is 237 g/mol. The van der Waals surface area contributed by atoms with Crippen LogP contribution in [0.2, 0.25) is 0 Å². The highest BCUT2D eigenvalue weighted by atomic mass is 16.5. The van der Waals surface area contributed by atoms with Crippen LogP contribution in [0.1, 0.15) is 60.5 Å². The van der Waals surface area contributed by atoms with Crippen LogP contribution in [0.4, 0.5) is 5.82 Å². The van der Waals surface area contributed by atoms with Gasteiger partial charge in [0.1, 0.15) is 11.5 Å². The normalized spacial score (nSPS) is 17.7. The predicted molar refractivity (Wildman–Crippen MR) is 64.8 cm³/mol. The number of esters is 1. The molecule has 0 aromatic carbocycles. The summed E-state index contributed by atoms with van der Waals surface area (Å²) in [6.07, 6.45) is 7.07. The molecule has 0 amide bonds. The van der Waals surface area contributed by atoms with Crippen molar-refractivity contribution in [1.29, 1.82) is 0 Å². The zero-order valence-corrected chi connectivity index (χ0v) is 10.2. The third-order valence-corrected chi connectivity index (χ3v) is 3.49. The summed E-state index contributed by atoms with van der Waals surface area (Å²) < 4.78 is 4.75. The number of nitrogens with one attached hydrogen (secondary N) is 1. The van der Waals surface area contributed by atoms with Crippen LogP contribution < -0.4 is 5.73 Å². The van der Waals surface area contributed by atoms with Crippen LogP contribution >= 0.6 is 0 Å². The van der Waals surface area contributed by atoms with Crippen LogP contribution in [0.3, 0.4) is 0 Å². The third-order valence-electron chi connectivity index (χ3n) is 3.49. The number of carbonyl (C=O) groups excluding carboxylic acids is 1. The van der Waals surface area contributed by atoms with Gasteiger partial charge in [-0.05, 0) is 18.8 Å². The van der Waals surface area contributed by atoms with Gasteiger partial charge in [-0.2, -0.15) is 5.10 Å². The van der Waals surface area contributed by atoms with E-state index in [0.29, 0.717) is 17.4 Å². The Hall–Kier alpha value is -1.52. The fraction of sp³-hybridized carbons (Fsp3) is 0.667. The van der Waals surface area contributed by atoms with E-state index in [4.69, 9.17) is 10.5 Å². The standard InChI is InChI=1S/C12H19N3O2/c1-17-12(16)10-9(11(13)15-14-10)8-6-4-2-3-5-7-8/h8H,2-7H2,1H3,(H3,13,14,15). The van der Waals surface area contributed by atoms with Crippen LogP contribution in [-0.2, 0) is 4.74 Å². The van der Waals surface area contributed by atoms with Crippen LogP contribution in [0, 0.1) is 0 Å². The van der Waals surface area contributed by atoms with E-state index in [1.807, 2.05) is 0 Å². The molecular weight excluding hydrogens is 218 g/mol. The fourth-order valence-electron chi connectivity index (χ4n) is 2.60. The molecule has 94 valence electrons. The first-order chi connectivity index (χ1) is 8.24. The molecule has 1 fully saturated rings. The number of aromatic amines is 1. The van der Waals surface area contributed by atoms with Gasteiger partial charge in [0.2, 0.25) is 0 Å². The highest BCUT2D eigenvalue weighted by molar-refractivity contribution is 5.90. The Labute approximate surface area is 101 Å². The van der Waals surface area contributed by atoms with Gasteiger partial charge in [0, 0.05) is 5.56 Å². The summed E-state index contributed by atoms with van der Waals surface area (Å²) in [5.74, 6) is 0.399. The number of ether oxygens (including phenoxy) is 1. The lowest BCUT2D eigenvalue weighted by atomic mass is 9.91. The molecule has 2 rings (SSSR count). The molecule has 0 spiro atoms. The van der Waals surface area contributed by atoms with Gasteiger partial charge in [-0.25, -0.2) is 4.79 Å². The van der Waals surface area contributed by atoms with E-state index in [1.165, 1.54) is 32.8 Å². The molecule has 17 heavy (non-hydrogen) atoms. The molecule has 0 saturated heterocycles. The number of nitrogens with zero attached hydrogens (tertiary/aromatic N) is 1. The van der Waals surface area contributed by atoms with Crippen molar-refractivity contribution < 1.29 is 9.53 Å². The van der Waals surface area contributed by atoms with Gasteiger partial charge in [0.05, 0.1) is 7.11 Å². The summed E-state index contributed by atoms with van der Waals surface area (Å²) >= 11 is 0. The minimum absolute atomic E-state index is 0.338. The SMILES string of the molecule is COC(=O)c1[nH]nc(N)c1C1CCCCCC1. The van der Waals surface area contributed by atoms with Crippen LogP contribution in [0.25, 0.3) is 0 Å². The first kappa shape index (κ1) is 12.0. The lowest BCUT2D eigenvalue weighted by molar-refractivity contribution is 0.0592. The van der Waals surface area contributed by atoms with E-state index in [-0.39, 0.29) is 5.97 Å². The Morgan fingerprint density at radius 2 is 2.00 bits per heavy atom. The van der Waals surface area contributed by atoms with Gasteiger partial charge in [0.25, 0.3) is 0 Å². The van der Waals surface area contributed by atoms with Crippen molar-refractivity contribution in [2.24, 2.45) is 0 Å². The van der Waals surface area contributed by atoms with E-state index in [2.05, 4.69) is 10.2 Å². The maximum atomic E-state index is 11.6. The van der Waals surface area contributed by atoms with Crippen molar-refractivity contribution in [3.8, 4) is 0 Å².